The number of nitrogens with zero attached hydrogens (tertiary/aromatic N) is 1. The molecule has 0 fully saturated rings. The number of ether oxygens (including phenoxy) is 1. The average molecular weight is 208 g/mol. The number of pyridine rings is 1. The van der Waals surface area contributed by atoms with Crippen LogP contribution in [0.5, 0.6) is 5.88 Å². The van der Waals surface area contributed by atoms with E-state index in [0.717, 1.165) is 6.54 Å². The molecule has 0 atom stereocenters. The lowest BCUT2D eigenvalue weighted by atomic mass is 10.1. The summed E-state index contributed by atoms with van der Waals surface area (Å²) in [5.41, 5.74) is 1.22. The van der Waals surface area contributed by atoms with Gasteiger partial charge in [0.05, 0.1) is 7.11 Å². The Bertz CT molecular complexity index is 285. The van der Waals surface area contributed by atoms with Crippen LogP contribution >= 0.6 is 0 Å². The highest BCUT2D eigenvalue weighted by atomic mass is 16.5. The van der Waals surface area contributed by atoms with Crippen molar-refractivity contribution in [1.29, 1.82) is 0 Å². The molecule has 1 N–H and O–H groups in total. The van der Waals surface area contributed by atoms with Crippen molar-refractivity contribution in [3.05, 3.63) is 23.9 Å². The number of hydrogen-bond acceptors (Lipinski definition) is 3. The van der Waals surface area contributed by atoms with E-state index in [9.17, 15) is 0 Å². The number of aromatic nitrogens is 1. The van der Waals surface area contributed by atoms with Gasteiger partial charge in [0.25, 0.3) is 0 Å². The van der Waals surface area contributed by atoms with Crippen molar-refractivity contribution < 1.29 is 4.74 Å². The molecule has 0 aliphatic heterocycles. The van der Waals surface area contributed by atoms with Crippen LogP contribution in [0, 0.1) is 0 Å². The first-order valence-electron chi connectivity index (χ1n) is 5.52. The molecule has 84 valence electrons. The summed E-state index contributed by atoms with van der Waals surface area (Å²) < 4.78 is 5.08. The van der Waals surface area contributed by atoms with Crippen LogP contribution in [0.4, 0.5) is 0 Å². The van der Waals surface area contributed by atoms with Gasteiger partial charge in [-0.25, -0.2) is 4.98 Å². The van der Waals surface area contributed by atoms with E-state index in [1.54, 1.807) is 13.3 Å². The van der Waals surface area contributed by atoms with Crippen LogP contribution in [0.25, 0.3) is 0 Å². The zero-order valence-electron chi connectivity index (χ0n) is 9.79. The molecule has 0 aliphatic rings. The lowest BCUT2D eigenvalue weighted by Crippen LogP contribution is -2.26. The Morgan fingerprint density at radius 1 is 1.40 bits per heavy atom. The van der Waals surface area contributed by atoms with Gasteiger partial charge in [-0.05, 0) is 24.5 Å². The van der Waals surface area contributed by atoms with Gasteiger partial charge in [0.2, 0.25) is 5.88 Å². The topological polar surface area (TPSA) is 34.2 Å². The summed E-state index contributed by atoms with van der Waals surface area (Å²) >= 11 is 0. The number of methoxy groups -OCH3 is 1. The molecule has 1 aromatic heterocycles. The van der Waals surface area contributed by atoms with Crippen LogP contribution in [0.3, 0.4) is 0 Å². The normalized spacial score (nSPS) is 10.7. The molecule has 15 heavy (non-hydrogen) atoms. The molecule has 0 amide bonds. The highest BCUT2D eigenvalue weighted by Gasteiger charge is 2.02. The molecule has 0 spiro atoms. The Balaban J connectivity index is 2.49. The first-order valence-corrected chi connectivity index (χ1v) is 5.52. The Hall–Kier alpha value is -1.09. The van der Waals surface area contributed by atoms with E-state index in [4.69, 9.17) is 4.74 Å². The molecule has 0 radical (unpaired) electrons. The molecule has 3 heteroatoms. The molecule has 0 saturated carbocycles. The molecule has 0 aliphatic carbocycles. The van der Waals surface area contributed by atoms with E-state index in [1.807, 2.05) is 12.1 Å². The van der Waals surface area contributed by atoms with Crippen LogP contribution in [0.2, 0.25) is 0 Å². The third-order valence-electron chi connectivity index (χ3n) is 2.59. The van der Waals surface area contributed by atoms with Crippen molar-refractivity contribution in [1.82, 2.24) is 10.3 Å². The average Bonchev–Trinajstić information content (AvgIpc) is 2.31. The fourth-order valence-electron chi connectivity index (χ4n) is 1.51. The molecular weight excluding hydrogens is 188 g/mol. The highest BCUT2D eigenvalue weighted by Crippen LogP contribution is 2.09. The first kappa shape index (κ1) is 12.0. The molecule has 1 rings (SSSR count). The molecule has 0 aromatic carbocycles. The quantitative estimate of drug-likeness (QED) is 0.779. The molecule has 0 bridgehead atoms. The fourth-order valence-corrected chi connectivity index (χ4v) is 1.51. The minimum atomic E-state index is 0.601. The summed E-state index contributed by atoms with van der Waals surface area (Å²) in [6.45, 7) is 5.29. The largest absolute Gasteiger partial charge is 0.481 e. The lowest BCUT2D eigenvalue weighted by molar-refractivity contribution is 0.396. The van der Waals surface area contributed by atoms with Crippen LogP contribution in [0.15, 0.2) is 18.3 Å². The number of nitrogens with one attached hydrogen (secondary N) is 1. The SMILES string of the molecule is CCC(CC)NCc1ccnc(OC)c1. The summed E-state index contributed by atoms with van der Waals surface area (Å²) in [6, 6.07) is 4.58. The van der Waals surface area contributed by atoms with Crippen molar-refractivity contribution in [2.45, 2.75) is 39.3 Å². The van der Waals surface area contributed by atoms with Gasteiger partial charge in [0, 0.05) is 24.8 Å². The van der Waals surface area contributed by atoms with Crippen molar-refractivity contribution >= 4 is 0 Å². The predicted octanol–water partition coefficient (Wildman–Crippen LogP) is 2.37. The molecule has 1 heterocycles. The number of rotatable bonds is 6. The van der Waals surface area contributed by atoms with Crippen LogP contribution in [-0.2, 0) is 6.54 Å². The first-order chi connectivity index (χ1) is 7.30. The zero-order valence-corrected chi connectivity index (χ0v) is 9.79. The van der Waals surface area contributed by atoms with Gasteiger partial charge in [0.1, 0.15) is 0 Å². The molecule has 0 unspecified atom stereocenters. The van der Waals surface area contributed by atoms with E-state index >= 15 is 0 Å². The molecule has 0 saturated heterocycles. The van der Waals surface area contributed by atoms with Crippen LogP contribution < -0.4 is 10.1 Å². The van der Waals surface area contributed by atoms with E-state index in [0.29, 0.717) is 11.9 Å². The zero-order chi connectivity index (χ0) is 11.1. The second kappa shape index (κ2) is 6.40. The van der Waals surface area contributed by atoms with E-state index in [2.05, 4.69) is 24.1 Å². The van der Waals surface area contributed by atoms with Gasteiger partial charge >= 0.3 is 0 Å². The van der Waals surface area contributed by atoms with Crippen molar-refractivity contribution in [3.8, 4) is 5.88 Å². The second-order valence-electron chi connectivity index (χ2n) is 3.60. The predicted molar refractivity (Wildman–Crippen MR) is 62.0 cm³/mol. The minimum Gasteiger partial charge on any atom is -0.481 e. The van der Waals surface area contributed by atoms with Crippen LogP contribution in [-0.4, -0.2) is 18.1 Å². The van der Waals surface area contributed by atoms with Crippen molar-refractivity contribution in [2.75, 3.05) is 7.11 Å². The van der Waals surface area contributed by atoms with Gasteiger partial charge in [-0.2, -0.15) is 0 Å². The smallest absolute Gasteiger partial charge is 0.213 e. The third kappa shape index (κ3) is 3.88. The van der Waals surface area contributed by atoms with Crippen LogP contribution in [0.1, 0.15) is 32.3 Å². The molecule has 3 nitrogen and oxygen atoms in total. The van der Waals surface area contributed by atoms with Crippen molar-refractivity contribution in [2.24, 2.45) is 0 Å². The second-order valence-corrected chi connectivity index (χ2v) is 3.60. The highest BCUT2D eigenvalue weighted by molar-refractivity contribution is 5.20. The molecular formula is C12H20N2O. The summed E-state index contributed by atoms with van der Waals surface area (Å²) in [5, 5.41) is 3.50. The van der Waals surface area contributed by atoms with Gasteiger partial charge in [-0.1, -0.05) is 13.8 Å². The lowest BCUT2D eigenvalue weighted by Gasteiger charge is -2.14. The Labute approximate surface area is 91.9 Å². The fraction of sp³-hybridized carbons (Fsp3) is 0.583. The number of hydrogen-bond donors (Lipinski definition) is 1. The van der Waals surface area contributed by atoms with Gasteiger partial charge in [-0.3, -0.25) is 0 Å². The van der Waals surface area contributed by atoms with Gasteiger partial charge in [0.15, 0.2) is 0 Å². The molecule has 1 aromatic rings. The monoisotopic (exact) mass is 208 g/mol. The van der Waals surface area contributed by atoms with Crippen molar-refractivity contribution in [3.63, 3.8) is 0 Å². The maximum atomic E-state index is 5.08. The van der Waals surface area contributed by atoms with Gasteiger partial charge < -0.3 is 10.1 Å². The summed E-state index contributed by atoms with van der Waals surface area (Å²) in [4.78, 5) is 4.08. The standard InChI is InChI=1S/C12H20N2O/c1-4-11(5-2)14-9-10-6-7-13-12(8-10)15-3/h6-8,11,14H,4-5,9H2,1-3H3. The summed E-state index contributed by atoms with van der Waals surface area (Å²) in [5.74, 6) is 0.679. The van der Waals surface area contributed by atoms with Gasteiger partial charge in [-0.15, -0.1) is 0 Å². The maximum Gasteiger partial charge on any atom is 0.213 e. The Morgan fingerprint density at radius 2 is 2.13 bits per heavy atom. The van der Waals surface area contributed by atoms with E-state index in [-0.39, 0.29) is 0 Å². The Kier molecular flexibility index (Phi) is 5.12. The van der Waals surface area contributed by atoms with E-state index < -0.39 is 0 Å². The minimum absolute atomic E-state index is 0.601. The summed E-state index contributed by atoms with van der Waals surface area (Å²) in [6.07, 6.45) is 4.11. The third-order valence-corrected chi connectivity index (χ3v) is 2.59. The Morgan fingerprint density at radius 3 is 2.73 bits per heavy atom. The maximum absolute atomic E-state index is 5.08. The van der Waals surface area contributed by atoms with E-state index in [1.165, 1.54) is 18.4 Å². The summed E-state index contributed by atoms with van der Waals surface area (Å²) in [7, 11) is 1.64.